The highest BCUT2D eigenvalue weighted by Gasteiger charge is 2.32. The van der Waals surface area contributed by atoms with Crippen LogP contribution in [0.15, 0.2) is 29.3 Å². The van der Waals surface area contributed by atoms with Gasteiger partial charge in [0.05, 0.1) is 13.7 Å². The summed E-state index contributed by atoms with van der Waals surface area (Å²) in [5.74, 6) is 2.89. The van der Waals surface area contributed by atoms with E-state index in [2.05, 4.69) is 15.6 Å². The zero-order valence-electron chi connectivity index (χ0n) is 17.8. The van der Waals surface area contributed by atoms with Crippen LogP contribution >= 0.6 is 0 Å². The first-order chi connectivity index (χ1) is 14.1. The van der Waals surface area contributed by atoms with Crippen LogP contribution < -0.4 is 20.1 Å². The van der Waals surface area contributed by atoms with E-state index in [9.17, 15) is 4.79 Å². The molecule has 0 aromatic heterocycles. The van der Waals surface area contributed by atoms with Gasteiger partial charge in [0.2, 0.25) is 5.91 Å². The Morgan fingerprint density at radius 3 is 2.76 bits per heavy atom. The fourth-order valence-electron chi connectivity index (χ4n) is 4.09. The highest BCUT2D eigenvalue weighted by atomic mass is 16.5. The molecule has 29 heavy (non-hydrogen) atoms. The van der Waals surface area contributed by atoms with Crippen LogP contribution in [0, 0.1) is 5.92 Å². The molecule has 1 aliphatic heterocycles. The van der Waals surface area contributed by atoms with Gasteiger partial charge in [0.25, 0.3) is 0 Å². The molecule has 0 radical (unpaired) electrons. The molecule has 1 amide bonds. The lowest BCUT2D eigenvalue weighted by Gasteiger charge is -2.22. The number of hydrogen-bond acceptors (Lipinski definition) is 4. The Bertz CT molecular complexity index is 703. The number of benzene rings is 1. The third-order valence-electron chi connectivity index (χ3n) is 5.70. The van der Waals surface area contributed by atoms with Crippen LogP contribution in [0.5, 0.6) is 11.5 Å². The van der Waals surface area contributed by atoms with Gasteiger partial charge in [-0.1, -0.05) is 18.9 Å². The Labute approximate surface area is 173 Å². The van der Waals surface area contributed by atoms with Crippen molar-refractivity contribution in [1.82, 2.24) is 15.5 Å². The summed E-state index contributed by atoms with van der Waals surface area (Å²) in [4.78, 5) is 19.0. The zero-order chi connectivity index (χ0) is 20.6. The van der Waals surface area contributed by atoms with Crippen LogP contribution in [0.3, 0.4) is 0 Å². The topological polar surface area (TPSA) is 75.2 Å². The number of aliphatic imine (C=N–C) groups is 1. The molecular weight excluding hydrogens is 368 g/mol. The number of ether oxygens (including phenoxy) is 2. The summed E-state index contributed by atoms with van der Waals surface area (Å²) >= 11 is 0. The Morgan fingerprint density at radius 2 is 2.03 bits per heavy atom. The summed E-state index contributed by atoms with van der Waals surface area (Å²) in [7, 11) is 3.41. The first kappa shape index (κ1) is 21.3. The van der Waals surface area contributed by atoms with Crippen molar-refractivity contribution in [3.63, 3.8) is 0 Å². The van der Waals surface area contributed by atoms with Gasteiger partial charge in [0.1, 0.15) is 17.6 Å². The summed E-state index contributed by atoms with van der Waals surface area (Å²) < 4.78 is 11.2. The second kappa shape index (κ2) is 10.4. The van der Waals surface area contributed by atoms with E-state index >= 15 is 0 Å². The molecule has 1 aromatic carbocycles. The number of guanidine groups is 1. The molecule has 0 spiro atoms. The number of carbonyl (C=O) groups excluding carboxylic acids is 1. The molecule has 1 aromatic rings. The average Bonchev–Trinajstić information content (AvgIpc) is 3.43. The van der Waals surface area contributed by atoms with Gasteiger partial charge in [-0.3, -0.25) is 9.79 Å². The lowest BCUT2D eigenvalue weighted by molar-refractivity contribution is -0.134. The van der Waals surface area contributed by atoms with Gasteiger partial charge in [-0.05, 0) is 38.3 Å². The molecule has 1 saturated heterocycles. The summed E-state index contributed by atoms with van der Waals surface area (Å²) in [6.45, 7) is 4.22. The largest absolute Gasteiger partial charge is 0.497 e. The second-order valence-corrected chi connectivity index (χ2v) is 7.96. The van der Waals surface area contributed by atoms with E-state index in [0.717, 1.165) is 49.8 Å². The summed E-state index contributed by atoms with van der Waals surface area (Å²) in [6.07, 6.45) is 5.42. The van der Waals surface area contributed by atoms with Crippen LogP contribution in [-0.2, 0) is 4.79 Å². The standard InChI is InChI=1S/C22H34N4O3/c1-16(29-20-10-6-9-19(13-20)28-3)14-24-22(23-2)25-18-11-12-26(15-18)21(27)17-7-4-5-8-17/h6,9-10,13,16-18H,4-5,7-8,11-12,14-15H2,1-3H3,(H2,23,24,25). The molecule has 1 heterocycles. The highest BCUT2D eigenvalue weighted by molar-refractivity contribution is 5.81. The van der Waals surface area contributed by atoms with Gasteiger partial charge >= 0.3 is 0 Å². The second-order valence-electron chi connectivity index (χ2n) is 7.96. The van der Waals surface area contributed by atoms with E-state index in [4.69, 9.17) is 9.47 Å². The van der Waals surface area contributed by atoms with Crippen LogP contribution in [0.2, 0.25) is 0 Å². The van der Waals surface area contributed by atoms with Gasteiger partial charge in [0, 0.05) is 38.2 Å². The molecule has 2 aliphatic rings. The van der Waals surface area contributed by atoms with Crippen molar-refractivity contribution in [2.45, 2.75) is 51.2 Å². The maximum absolute atomic E-state index is 12.6. The van der Waals surface area contributed by atoms with Crippen molar-refractivity contribution in [2.75, 3.05) is 33.8 Å². The van der Waals surface area contributed by atoms with Crippen LogP contribution in [-0.4, -0.2) is 62.7 Å². The van der Waals surface area contributed by atoms with E-state index in [1.165, 1.54) is 12.8 Å². The number of methoxy groups -OCH3 is 1. The Morgan fingerprint density at radius 1 is 1.28 bits per heavy atom. The Balaban J connectivity index is 1.41. The van der Waals surface area contributed by atoms with E-state index in [1.54, 1.807) is 14.2 Å². The third kappa shape index (κ3) is 6.02. The van der Waals surface area contributed by atoms with Crippen molar-refractivity contribution in [1.29, 1.82) is 0 Å². The molecule has 0 bridgehead atoms. The Hall–Kier alpha value is -2.44. The van der Waals surface area contributed by atoms with Gasteiger partial charge in [0.15, 0.2) is 5.96 Å². The van der Waals surface area contributed by atoms with E-state index in [-0.39, 0.29) is 18.1 Å². The molecule has 1 saturated carbocycles. The summed E-state index contributed by atoms with van der Waals surface area (Å²) in [5.41, 5.74) is 0. The predicted molar refractivity (Wildman–Crippen MR) is 115 cm³/mol. The van der Waals surface area contributed by atoms with Crippen molar-refractivity contribution in [3.05, 3.63) is 24.3 Å². The number of nitrogens with zero attached hydrogens (tertiary/aromatic N) is 2. The highest BCUT2D eigenvalue weighted by Crippen LogP contribution is 2.27. The minimum absolute atomic E-state index is 0.0373. The zero-order valence-corrected chi connectivity index (χ0v) is 17.8. The minimum Gasteiger partial charge on any atom is -0.497 e. The number of likely N-dealkylation sites (tertiary alicyclic amines) is 1. The monoisotopic (exact) mass is 402 g/mol. The first-order valence-corrected chi connectivity index (χ1v) is 10.7. The fraction of sp³-hybridized carbons (Fsp3) is 0.636. The average molecular weight is 403 g/mol. The number of nitrogens with one attached hydrogen (secondary N) is 2. The quantitative estimate of drug-likeness (QED) is 0.541. The molecule has 1 aliphatic carbocycles. The summed E-state index contributed by atoms with van der Waals surface area (Å²) in [6, 6.07) is 7.83. The molecular formula is C22H34N4O3. The molecule has 3 rings (SSSR count). The van der Waals surface area contributed by atoms with Gasteiger partial charge in [-0.25, -0.2) is 0 Å². The van der Waals surface area contributed by atoms with Gasteiger partial charge in [-0.15, -0.1) is 0 Å². The van der Waals surface area contributed by atoms with Crippen molar-refractivity contribution in [3.8, 4) is 11.5 Å². The lowest BCUT2D eigenvalue weighted by atomic mass is 10.1. The van der Waals surface area contributed by atoms with E-state index in [1.807, 2.05) is 36.1 Å². The molecule has 2 atom stereocenters. The lowest BCUT2D eigenvalue weighted by Crippen LogP contribution is -2.47. The van der Waals surface area contributed by atoms with E-state index < -0.39 is 0 Å². The smallest absolute Gasteiger partial charge is 0.225 e. The SMILES string of the molecule is CN=C(NCC(C)Oc1cccc(OC)c1)NC1CCN(C(=O)C2CCCC2)C1. The molecule has 2 N–H and O–H groups in total. The minimum atomic E-state index is -0.0373. The first-order valence-electron chi connectivity index (χ1n) is 10.7. The van der Waals surface area contributed by atoms with Gasteiger partial charge < -0.3 is 25.0 Å². The summed E-state index contributed by atoms with van der Waals surface area (Å²) in [5, 5.41) is 6.77. The molecule has 7 nitrogen and oxygen atoms in total. The van der Waals surface area contributed by atoms with Crippen LogP contribution in [0.25, 0.3) is 0 Å². The van der Waals surface area contributed by atoms with Crippen molar-refractivity contribution < 1.29 is 14.3 Å². The molecule has 7 heteroatoms. The predicted octanol–water partition coefficient (Wildman–Crippen LogP) is 2.42. The van der Waals surface area contributed by atoms with Crippen LogP contribution in [0.4, 0.5) is 0 Å². The molecule has 160 valence electrons. The normalized spacial score (nSPS) is 21.1. The maximum Gasteiger partial charge on any atom is 0.225 e. The van der Waals surface area contributed by atoms with Crippen molar-refractivity contribution in [2.24, 2.45) is 10.9 Å². The fourth-order valence-corrected chi connectivity index (χ4v) is 4.09. The third-order valence-corrected chi connectivity index (χ3v) is 5.70. The molecule has 2 fully saturated rings. The number of amides is 1. The number of carbonyl (C=O) groups is 1. The molecule has 2 unspecified atom stereocenters. The van der Waals surface area contributed by atoms with Gasteiger partial charge in [-0.2, -0.15) is 0 Å². The number of hydrogen-bond donors (Lipinski definition) is 2. The maximum atomic E-state index is 12.6. The van der Waals surface area contributed by atoms with E-state index in [0.29, 0.717) is 12.5 Å². The van der Waals surface area contributed by atoms with Crippen LogP contribution in [0.1, 0.15) is 39.0 Å². The Kier molecular flexibility index (Phi) is 7.61. The van der Waals surface area contributed by atoms with Crippen molar-refractivity contribution >= 4 is 11.9 Å². The number of rotatable bonds is 7.